The summed E-state index contributed by atoms with van der Waals surface area (Å²) in [5.74, 6) is 0. The lowest BCUT2D eigenvalue weighted by atomic mass is 9.95. The molecule has 6 nitrogen and oxygen atoms in total. The van der Waals surface area contributed by atoms with Gasteiger partial charge in [0.1, 0.15) is 6.61 Å². The quantitative estimate of drug-likeness (QED) is 0.474. The molecule has 1 fully saturated rings. The molecule has 6 heteroatoms. The number of benzene rings is 1. The average Bonchev–Trinajstić information content (AvgIpc) is 2.52. The van der Waals surface area contributed by atoms with Crippen molar-refractivity contribution in [3.05, 3.63) is 46.0 Å². The standard InChI is InChI=1S/C15H20N2O4/c18-15(21-11-13-7-3-1-4-8-13)16(12-17(19)20)14-9-5-2-6-10-14/h1,3-4,7-8,14H,2,5-6,9-12H2. The van der Waals surface area contributed by atoms with Gasteiger partial charge in [0.15, 0.2) is 0 Å². The molecule has 2 rings (SSSR count). The van der Waals surface area contributed by atoms with Gasteiger partial charge in [-0.1, -0.05) is 49.6 Å². The smallest absolute Gasteiger partial charge is 0.415 e. The van der Waals surface area contributed by atoms with Gasteiger partial charge in [-0.15, -0.1) is 0 Å². The normalized spacial score (nSPS) is 15.4. The van der Waals surface area contributed by atoms with Gasteiger partial charge in [0.2, 0.25) is 0 Å². The summed E-state index contributed by atoms with van der Waals surface area (Å²) in [5.41, 5.74) is 0.871. The Bertz CT molecular complexity index is 472. The highest BCUT2D eigenvalue weighted by molar-refractivity contribution is 5.67. The van der Waals surface area contributed by atoms with Crippen LogP contribution in [-0.2, 0) is 11.3 Å². The maximum atomic E-state index is 12.2. The molecule has 0 heterocycles. The predicted molar refractivity (Wildman–Crippen MR) is 77.2 cm³/mol. The van der Waals surface area contributed by atoms with Crippen molar-refractivity contribution >= 4 is 6.09 Å². The van der Waals surface area contributed by atoms with E-state index in [0.29, 0.717) is 0 Å². The van der Waals surface area contributed by atoms with Gasteiger partial charge in [0, 0.05) is 11.0 Å². The first-order valence-electron chi connectivity index (χ1n) is 7.26. The first-order valence-corrected chi connectivity index (χ1v) is 7.26. The van der Waals surface area contributed by atoms with E-state index >= 15 is 0 Å². The van der Waals surface area contributed by atoms with Crippen LogP contribution >= 0.6 is 0 Å². The van der Waals surface area contributed by atoms with Crippen LogP contribution in [0, 0.1) is 10.1 Å². The zero-order valence-electron chi connectivity index (χ0n) is 11.9. The second-order valence-electron chi connectivity index (χ2n) is 5.28. The van der Waals surface area contributed by atoms with Gasteiger partial charge in [-0.3, -0.25) is 10.1 Å². The van der Waals surface area contributed by atoms with E-state index in [0.717, 1.165) is 37.7 Å². The molecule has 1 amide bonds. The van der Waals surface area contributed by atoms with Gasteiger partial charge in [-0.05, 0) is 18.4 Å². The van der Waals surface area contributed by atoms with Crippen molar-refractivity contribution in [1.29, 1.82) is 0 Å². The molecular weight excluding hydrogens is 272 g/mol. The molecule has 0 atom stereocenters. The molecule has 1 aromatic rings. The second-order valence-corrected chi connectivity index (χ2v) is 5.28. The topological polar surface area (TPSA) is 72.7 Å². The van der Waals surface area contributed by atoms with E-state index in [1.807, 2.05) is 30.3 Å². The number of amides is 1. The molecule has 1 aliphatic carbocycles. The Labute approximate surface area is 123 Å². The monoisotopic (exact) mass is 292 g/mol. The van der Waals surface area contributed by atoms with E-state index < -0.39 is 17.7 Å². The molecule has 1 saturated carbocycles. The molecule has 0 radical (unpaired) electrons. The summed E-state index contributed by atoms with van der Waals surface area (Å²) in [6, 6.07) is 9.23. The van der Waals surface area contributed by atoms with E-state index in [-0.39, 0.29) is 12.6 Å². The van der Waals surface area contributed by atoms with E-state index in [4.69, 9.17) is 4.74 Å². The fourth-order valence-electron chi connectivity index (χ4n) is 2.64. The van der Waals surface area contributed by atoms with Crippen LogP contribution < -0.4 is 0 Å². The van der Waals surface area contributed by atoms with E-state index in [9.17, 15) is 14.9 Å². The third kappa shape index (κ3) is 4.73. The number of hydrogen-bond acceptors (Lipinski definition) is 4. The maximum absolute atomic E-state index is 12.2. The van der Waals surface area contributed by atoms with E-state index in [1.54, 1.807) is 0 Å². The Balaban J connectivity index is 1.94. The van der Waals surface area contributed by atoms with Crippen LogP contribution in [0.4, 0.5) is 4.79 Å². The summed E-state index contributed by atoms with van der Waals surface area (Å²) in [4.78, 5) is 23.7. The van der Waals surface area contributed by atoms with Crippen molar-refractivity contribution in [2.24, 2.45) is 0 Å². The van der Waals surface area contributed by atoms with Gasteiger partial charge in [-0.25, -0.2) is 9.69 Å². The molecule has 21 heavy (non-hydrogen) atoms. The summed E-state index contributed by atoms with van der Waals surface area (Å²) in [6.45, 7) is -0.348. The Kier molecular flexibility index (Phi) is 5.54. The van der Waals surface area contributed by atoms with Gasteiger partial charge < -0.3 is 4.74 Å². The fourth-order valence-corrected chi connectivity index (χ4v) is 2.64. The molecule has 0 bridgehead atoms. The minimum absolute atomic E-state index is 0.0765. The molecule has 0 unspecified atom stereocenters. The van der Waals surface area contributed by atoms with Gasteiger partial charge in [-0.2, -0.15) is 0 Å². The highest BCUT2D eigenvalue weighted by Gasteiger charge is 2.29. The molecular formula is C15H20N2O4. The number of ether oxygens (including phenoxy) is 1. The summed E-state index contributed by atoms with van der Waals surface area (Å²) < 4.78 is 5.23. The largest absolute Gasteiger partial charge is 0.444 e. The lowest BCUT2D eigenvalue weighted by Gasteiger charge is -2.30. The molecule has 0 aromatic heterocycles. The lowest BCUT2D eigenvalue weighted by molar-refractivity contribution is -0.502. The Morgan fingerprint density at radius 2 is 1.90 bits per heavy atom. The van der Waals surface area contributed by atoms with Crippen molar-refractivity contribution in [2.75, 3.05) is 6.67 Å². The van der Waals surface area contributed by atoms with Crippen molar-refractivity contribution < 1.29 is 14.5 Å². The fraction of sp³-hybridized carbons (Fsp3) is 0.533. The Morgan fingerprint density at radius 1 is 1.24 bits per heavy atom. The minimum Gasteiger partial charge on any atom is -0.444 e. The SMILES string of the molecule is O=C(OCc1ccccc1)N(C[N+](=O)[O-])C1CCCCC1. The number of carbonyl (C=O) groups excluding carboxylic acids is 1. The minimum atomic E-state index is -0.595. The lowest BCUT2D eigenvalue weighted by Crippen LogP contribution is -2.44. The van der Waals surface area contributed by atoms with E-state index in [1.165, 1.54) is 4.90 Å². The molecule has 0 spiro atoms. The number of nitrogens with zero attached hydrogens (tertiary/aromatic N) is 2. The summed E-state index contributed by atoms with van der Waals surface area (Å²) in [6.07, 6.45) is 4.17. The summed E-state index contributed by atoms with van der Waals surface area (Å²) in [5, 5.41) is 10.8. The summed E-state index contributed by atoms with van der Waals surface area (Å²) >= 11 is 0. The van der Waals surface area contributed by atoms with Gasteiger partial charge in [0.05, 0.1) is 0 Å². The summed E-state index contributed by atoms with van der Waals surface area (Å²) in [7, 11) is 0. The molecule has 0 N–H and O–H groups in total. The average molecular weight is 292 g/mol. The number of hydrogen-bond donors (Lipinski definition) is 0. The molecule has 0 saturated heterocycles. The maximum Gasteiger partial charge on any atom is 0.415 e. The van der Waals surface area contributed by atoms with Crippen molar-refractivity contribution in [1.82, 2.24) is 4.90 Å². The van der Waals surface area contributed by atoms with E-state index in [2.05, 4.69) is 0 Å². The Morgan fingerprint density at radius 3 is 2.52 bits per heavy atom. The highest BCUT2D eigenvalue weighted by atomic mass is 16.6. The van der Waals surface area contributed by atoms with Gasteiger partial charge in [0.25, 0.3) is 6.67 Å². The van der Waals surface area contributed by atoms with Crippen molar-refractivity contribution in [3.63, 3.8) is 0 Å². The van der Waals surface area contributed by atoms with Crippen LogP contribution in [0.3, 0.4) is 0 Å². The second kappa shape index (κ2) is 7.61. The number of carbonyl (C=O) groups is 1. The zero-order valence-corrected chi connectivity index (χ0v) is 11.9. The highest BCUT2D eigenvalue weighted by Crippen LogP contribution is 2.23. The van der Waals surface area contributed by atoms with Crippen LogP contribution in [0.2, 0.25) is 0 Å². The van der Waals surface area contributed by atoms with Crippen LogP contribution in [0.5, 0.6) is 0 Å². The van der Waals surface area contributed by atoms with Crippen molar-refractivity contribution in [2.45, 2.75) is 44.8 Å². The zero-order chi connectivity index (χ0) is 15.1. The molecule has 0 aliphatic heterocycles. The molecule has 1 aromatic carbocycles. The predicted octanol–water partition coefficient (Wildman–Crippen LogP) is 3.19. The third-order valence-corrected chi connectivity index (χ3v) is 3.72. The van der Waals surface area contributed by atoms with Crippen LogP contribution in [0.15, 0.2) is 30.3 Å². The van der Waals surface area contributed by atoms with Gasteiger partial charge >= 0.3 is 6.09 Å². The Hall–Kier alpha value is -2.11. The van der Waals surface area contributed by atoms with Crippen LogP contribution in [-0.4, -0.2) is 28.6 Å². The first kappa shape index (κ1) is 15.3. The van der Waals surface area contributed by atoms with Crippen LogP contribution in [0.25, 0.3) is 0 Å². The van der Waals surface area contributed by atoms with Crippen molar-refractivity contribution in [3.8, 4) is 0 Å². The number of rotatable bonds is 5. The number of nitro groups is 1. The molecule has 114 valence electrons. The third-order valence-electron chi connectivity index (χ3n) is 3.72. The first-order chi connectivity index (χ1) is 10.2. The van der Waals surface area contributed by atoms with Crippen LogP contribution in [0.1, 0.15) is 37.7 Å². The molecule has 1 aliphatic rings.